The molecular formula is C40H84N2O4. The van der Waals surface area contributed by atoms with Gasteiger partial charge in [-0.25, -0.2) is 0 Å². The summed E-state index contributed by atoms with van der Waals surface area (Å²) in [7, 11) is 0. The van der Waals surface area contributed by atoms with Crippen molar-refractivity contribution >= 4 is 11.9 Å². The summed E-state index contributed by atoms with van der Waals surface area (Å²) in [5.74, 6) is -1.32. The van der Waals surface area contributed by atoms with Gasteiger partial charge in [0.05, 0.1) is 0 Å². The molecule has 46 heavy (non-hydrogen) atoms. The lowest BCUT2D eigenvalue weighted by molar-refractivity contribution is -0.138. The molecule has 0 bridgehead atoms. The Morgan fingerprint density at radius 1 is 0.391 bits per heavy atom. The fourth-order valence-corrected chi connectivity index (χ4v) is 5.49. The lowest BCUT2D eigenvalue weighted by atomic mass is 10.1. The number of hydrogen-bond donors (Lipinski definition) is 4. The fourth-order valence-electron chi connectivity index (χ4n) is 5.49. The molecule has 0 aliphatic heterocycles. The Hall–Kier alpha value is -1.14. The number of carboxylic acids is 2. The summed E-state index contributed by atoms with van der Waals surface area (Å²) >= 11 is 0. The molecule has 0 aromatic carbocycles. The maximum Gasteiger partial charge on any atom is 0.303 e. The zero-order chi connectivity index (χ0) is 34.6. The van der Waals surface area contributed by atoms with Gasteiger partial charge >= 0.3 is 11.9 Å². The molecule has 0 amide bonds. The normalized spacial score (nSPS) is 10.6. The molecule has 0 aliphatic carbocycles. The summed E-state index contributed by atoms with van der Waals surface area (Å²) in [5.41, 5.74) is 5.41. The summed E-state index contributed by atoms with van der Waals surface area (Å²) in [6, 6.07) is 0. The van der Waals surface area contributed by atoms with Gasteiger partial charge in [0.2, 0.25) is 0 Å². The van der Waals surface area contributed by atoms with Gasteiger partial charge in [-0.15, -0.1) is 0 Å². The molecule has 0 aromatic rings. The molecule has 0 aliphatic rings. The van der Waals surface area contributed by atoms with Crippen molar-refractivity contribution in [2.24, 2.45) is 5.73 Å². The zero-order valence-electron chi connectivity index (χ0n) is 31.5. The number of nitrogens with one attached hydrogen (secondary N) is 1. The topological polar surface area (TPSA) is 113 Å². The minimum atomic E-state index is -0.659. The van der Waals surface area contributed by atoms with E-state index in [9.17, 15) is 9.59 Å². The quantitative estimate of drug-likeness (QED) is 0.0505. The number of aliphatic carboxylic acids is 2. The van der Waals surface area contributed by atoms with Crippen LogP contribution in [0.1, 0.15) is 226 Å². The van der Waals surface area contributed by atoms with E-state index in [2.05, 4.69) is 26.1 Å². The third kappa shape index (κ3) is 58.4. The van der Waals surface area contributed by atoms with Gasteiger partial charge in [0.25, 0.3) is 0 Å². The van der Waals surface area contributed by atoms with Crippen molar-refractivity contribution in [1.82, 2.24) is 5.32 Å². The Kier molecular flexibility index (Phi) is 51.7. The van der Waals surface area contributed by atoms with E-state index in [1.54, 1.807) is 0 Å². The van der Waals surface area contributed by atoms with Crippen LogP contribution in [0.5, 0.6) is 0 Å². The molecule has 0 fully saturated rings. The monoisotopic (exact) mass is 657 g/mol. The third-order valence-electron chi connectivity index (χ3n) is 8.52. The second-order valence-electron chi connectivity index (χ2n) is 13.4. The summed E-state index contributed by atoms with van der Waals surface area (Å²) in [4.78, 5) is 20.4. The summed E-state index contributed by atoms with van der Waals surface area (Å²) in [6.07, 6.45) is 40.0. The first-order chi connectivity index (χ1) is 22.5. The maximum atomic E-state index is 10.2. The molecule has 6 heteroatoms. The highest BCUT2D eigenvalue weighted by Gasteiger charge is 1.98. The van der Waals surface area contributed by atoms with E-state index in [0.29, 0.717) is 12.8 Å². The van der Waals surface area contributed by atoms with Gasteiger partial charge in [0.1, 0.15) is 0 Å². The lowest BCUT2D eigenvalue weighted by Gasteiger charge is -2.04. The van der Waals surface area contributed by atoms with Gasteiger partial charge in [-0.05, 0) is 25.8 Å². The zero-order valence-corrected chi connectivity index (χ0v) is 31.5. The molecule has 0 aromatic heterocycles. The highest BCUT2D eigenvalue weighted by Crippen LogP contribution is 2.13. The molecule has 0 spiro atoms. The van der Waals surface area contributed by atoms with Crippen LogP contribution in [0.25, 0.3) is 0 Å². The third-order valence-corrected chi connectivity index (χ3v) is 8.52. The number of carbonyl (C=O) groups is 2. The summed E-state index contributed by atoms with van der Waals surface area (Å²) in [5, 5.41) is 20.2. The van der Waals surface area contributed by atoms with Crippen LogP contribution in [0.15, 0.2) is 0 Å². The summed E-state index contributed by atoms with van der Waals surface area (Å²) < 4.78 is 0. The van der Waals surface area contributed by atoms with E-state index < -0.39 is 11.9 Å². The van der Waals surface area contributed by atoms with Crippen molar-refractivity contribution < 1.29 is 19.8 Å². The minimum absolute atomic E-state index is 0.343. The Morgan fingerprint density at radius 2 is 0.630 bits per heavy atom. The van der Waals surface area contributed by atoms with Crippen LogP contribution in [0, 0.1) is 0 Å². The molecule has 0 heterocycles. The fraction of sp³-hybridized carbons (Fsp3) is 0.950. The van der Waals surface area contributed by atoms with Crippen LogP contribution >= 0.6 is 0 Å². The lowest BCUT2D eigenvalue weighted by Crippen LogP contribution is -2.23. The van der Waals surface area contributed by atoms with Crippen molar-refractivity contribution in [3.8, 4) is 0 Å². The Balaban J connectivity index is -0.000000610. The molecule has 0 radical (unpaired) electrons. The Labute approximate surface area is 288 Å². The predicted molar refractivity (Wildman–Crippen MR) is 202 cm³/mol. The van der Waals surface area contributed by atoms with E-state index in [0.717, 1.165) is 45.3 Å². The molecule has 0 rings (SSSR count). The number of carboxylic acid groups (broad SMARTS) is 2. The van der Waals surface area contributed by atoms with Crippen LogP contribution in [-0.2, 0) is 9.59 Å². The van der Waals surface area contributed by atoms with Crippen molar-refractivity contribution in [1.29, 1.82) is 0 Å². The highest BCUT2D eigenvalue weighted by atomic mass is 16.4. The van der Waals surface area contributed by atoms with Crippen molar-refractivity contribution in [3.05, 3.63) is 0 Å². The van der Waals surface area contributed by atoms with E-state index >= 15 is 0 Å². The minimum Gasteiger partial charge on any atom is -0.481 e. The van der Waals surface area contributed by atoms with Crippen LogP contribution in [-0.4, -0.2) is 41.8 Å². The van der Waals surface area contributed by atoms with Crippen LogP contribution in [0.4, 0.5) is 0 Å². The van der Waals surface area contributed by atoms with Gasteiger partial charge in [0, 0.05) is 25.9 Å². The van der Waals surface area contributed by atoms with Gasteiger partial charge in [-0.3, -0.25) is 9.59 Å². The molecule has 0 saturated carbocycles. The molecule has 0 unspecified atom stereocenters. The van der Waals surface area contributed by atoms with Crippen LogP contribution in [0.2, 0.25) is 0 Å². The van der Waals surface area contributed by atoms with Crippen LogP contribution < -0.4 is 11.1 Å². The molecule has 0 atom stereocenters. The first-order valence-electron chi connectivity index (χ1n) is 20.3. The van der Waals surface area contributed by atoms with E-state index in [1.165, 1.54) is 167 Å². The average Bonchev–Trinajstić information content (AvgIpc) is 3.04. The largest absolute Gasteiger partial charge is 0.481 e. The molecular weight excluding hydrogens is 572 g/mol. The highest BCUT2D eigenvalue weighted by molar-refractivity contribution is 5.66. The maximum absolute atomic E-state index is 10.2. The van der Waals surface area contributed by atoms with Crippen LogP contribution in [0.3, 0.4) is 0 Å². The second-order valence-corrected chi connectivity index (χ2v) is 13.4. The van der Waals surface area contributed by atoms with E-state index in [-0.39, 0.29) is 0 Å². The molecule has 0 saturated heterocycles. The average molecular weight is 657 g/mol. The number of rotatable bonds is 35. The smallest absolute Gasteiger partial charge is 0.303 e. The number of hydrogen-bond acceptors (Lipinski definition) is 4. The molecule has 278 valence electrons. The molecule has 5 N–H and O–H groups in total. The summed E-state index contributed by atoms with van der Waals surface area (Å²) in [6.45, 7) is 9.62. The SMILES string of the molecule is CCCCCCCCCCCC(=O)O.CCCCCCCCCCCC(=O)O.CCCCCCCCCCCCCCNCCN. The van der Waals surface area contributed by atoms with Crippen molar-refractivity contribution in [2.45, 2.75) is 226 Å². The first-order valence-corrected chi connectivity index (χ1v) is 20.3. The Morgan fingerprint density at radius 3 is 0.870 bits per heavy atom. The van der Waals surface area contributed by atoms with Gasteiger partial charge in [-0.1, -0.05) is 194 Å². The van der Waals surface area contributed by atoms with E-state index in [4.69, 9.17) is 15.9 Å². The standard InChI is InChI=1S/C16H36N2.2C12H24O2/c1-2-3-4-5-6-7-8-9-10-11-12-13-15-18-16-14-17;2*1-2-3-4-5-6-7-8-9-10-11-12(13)14/h18H,2-17H2,1H3;2*2-11H2,1H3,(H,13,14). The van der Waals surface area contributed by atoms with E-state index in [1.807, 2.05) is 0 Å². The Bertz CT molecular complexity index is 511. The number of unbranched alkanes of at least 4 members (excludes halogenated alkanes) is 27. The van der Waals surface area contributed by atoms with Crippen molar-refractivity contribution in [2.75, 3.05) is 19.6 Å². The van der Waals surface area contributed by atoms with Crippen molar-refractivity contribution in [3.63, 3.8) is 0 Å². The van der Waals surface area contributed by atoms with Gasteiger partial charge in [-0.2, -0.15) is 0 Å². The first kappa shape index (κ1) is 49.2. The predicted octanol–water partition coefficient (Wildman–Crippen LogP) is 12.2. The number of nitrogens with two attached hydrogens (primary N) is 1. The van der Waals surface area contributed by atoms with Gasteiger partial charge < -0.3 is 21.3 Å². The second kappa shape index (κ2) is 48.3. The van der Waals surface area contributed by atoms with Gasteiger partial charge in [0.15, 0.2) is 0 Å². The molecule has 6 nitrogen and oxygen atoms in total.